The van der Waals surface area contributed by atoms with Gasteiger partial charge in [0.25, 0.3) is 5.92 Å². The summed E-state index contributed by atoms with van der Waals surface area (Å²) in [5.41, 5.74) is 0. The molecule has 0 saturated carbocycles. The van der Waals surface area contributed by atoms with E-state index in [4.69, 9.17) is 4.43 Å². The van der Waals surface area contributed by atoms with Gasteiger partial charge < -0.3 is 9.74 Å². The van der Waals surface area contributed by atoms with E-state index >= 15 is 0 Å². The zero-order valence-corrected chi connectivity index (χ0v) is 10.1. The third kappa shape index (κ3) is 3.63. The highest BCUT2D eigenvalue weighted by atomic mass is 28.4. The fourth-order valence-corrected chi connectivity index (χ4v) is 2.14. The van der Waals surface area contributed by atoms with Crippen molar-refractivity contribution >= 4 is 8.32 Å². The van der Waals surface area contributed by atoms with Gasteiger partial charge in [-0.25, -0.2) is 8.78 Å². The lowest BCUT2D eigenvalue weighted by Crippen LogP contribution is -2.48. The molecule has 0 aromatic heterocycles. The van der Waals surface area contributed by atoms with Crippen molar-refractivity contribution in [1.82, 2.24) is 5.32 Å². The standard InChI is InChI=1S/C9H19F2NOSi/c1-14(2,3)13-6-8-4-5-12-7-9(8,10)11/h8,12H,4-7H2,1-3H3. The molecule has 1 fully saturated rings. The number of hydrogen-bond donors (Lipinski definition) is 1. The third-order valence-electron chi connectivity index (χ3n) is 2.35. The van der Waals surface area contributed by atoms with Crippen molar-refractivity contribution < 1.29 is 13.2 Å². The summed E-state index contributed by atoms with van der Waals surface area (Å²) in [4.78, 5) is 0. The van der Waals surface area contributed by atoms with Gasteiger partial charge in [-0.3, -0.25) is 0 Å². The van der Waals surface area contributed by atoms with Crippen LogP contribution in [0.15, 0.2) is 0 Å². The molecule has 84 valence electrons. The molecule has 1 aliphatic heterocycles. The summed E-state index contributed by atoms with van der Waals surface area (Å²) >= 11 is 0. The van der Waals surface area contributed by atoms with E-state index in [1.807, 2.05) is 19.6 Å². The second kappa shape index (κ2) is 4.24. The number of hydrogen-bond acceptors (Lipinski definition) is 2. The van der Waals surface area contributed by atoms with Gasteiger partial charge in [-0.15, -0.1) is 0 Å². The average Bonchev–Trinajstić information content (AvgIpc) is 2.00. The van der Waals surface area contributed by atoms with Crippen molar-refractivity contribution in [3.8, 4) is 0 Å². The molecule has 0 aromatic rings. The van der Waals surface area contributed by atoms with Crippen LogP contribution in [0.3, 0.4) is 0 Å². The summed E-state index contributed by atoms with van der Waals surface area (Å²) in [6.45, 7) is 6.75. The van der Waals surface area contributed by atoms with Crippen LogP contribution in [0.2, 0.25) is 19.6 Å². The van der Waals surface area contributed by atoms with Crippen LogP contribution in [-0.2, 0) is 4.43 Å². The molecule has 0 bridgehead atoms. The van der Waals surface area contributed by atoms with Crippen LogP contribution in [0, 0.1) is 5.92 Å². The monoisotopic (exact) mass is 223 g/mol. The van der Waals surface area contributed by atoms with Crippen LogP contribution in [0.5, 0.6) is 0 Å². The Labute approximate surface area is 85.2 Å². The largest absolute Gasteiger partial charge is 0.417 e. The first-order valence-electron chi connectivity index (χ1n) is 5.04. The smallest absolute Gasteiger partial charge is 0.265 e. The van der Waals surface area contributed by atoms with E-state index in [0.29, 0.717) is 13.0 Å². The normalized spacial score (nSPS) is 27.6. The van der Waals surface area contributed by atoms with Gasteiger partial charge in [0.15, 0.2) is 8.32 Å². The zero-order chi connectivity index (χ0) is 10.8. The van der Waals surface area contributed by atoms with Gasteiger partial charge >= 0.3 is 0 Å². The molecule has 0 aromatic carbocycles. The van der Waals surface area contributed by atoms with E-state index in [1.54, 1.807) is 0 Å². The number of nitrogens with one attached hydrogen (secondary N) is 1. The van der Waals surface area contributed by atoms with Crippen LogP contribution < -0.4 is 5.32 Å². The van der Waals surface area contributed by atoms with Gasteiger partial charge in [0.2, 0.25) is 0 Å². The quantitative estimate of drug-likeness (QED) is 0.740. The third-order valence-corrected chi connectivity index (χ3v) is 3.38. The molecule has 5 heteroatoms. The summed E-state index contributed by atoms with van der Waals surface area (Å²) in [5, 5.41) is 2.71. The second-order valence-corrected chi connectivity index (χ2v) is 9.36. The van der Waals surface area contributed by atoms with Gasteiger partial charge in [-0.2, -0.15) is 0 Å². The topological polar surface area (TPSA) is 21.3 Å². The summed E-state index contributed by atoms with van der Waals surface area (Å²) in [7, 11) is -1.66. The molecule has 1 aliphatic rings. The fourth-order valence-electron chi connectivity index (χ4n) is 1.44. The van der Waals surface area contributed by atoms with Gasteiger partial charge in [0.05, 0.1) is 6.54 Å². The highest BCUT2D eigenvalue weighted by Gasteiger charge is 2.41. The molecule has 2 nitrogen and oxygen atoms in total. The Kier molecular flexibility index (Phi) is 3.66. The van der Waals surface area contributed by atoms with Crippen molar-refractivity contribution in [1.29, 1.82) is 0 Å². The Morgan fingerprint density at radius 2 is 2.07 bits per heavy atom. The molecule has 1 unspecified atom stereocenters. The first kappa shape index (κ1) is 12.1. The molecule has 0 radical (unpaired) electrons. The molecule has 0 aliphatic carbocycles. The molecule has 1 atom stereocenters. The van der Waals surface area contributed by atoms with E-state index in [-0.39, 0.29) is 13.2 Å². The fraction of sp³-hybridized carbons (Fsp3) is 1.00. The van der Waals surface area contributed by atoms with Gasteiger partial charge in [-0.05, 0) is 32.6 Å². The first-order chi connectivity index (χ1) is 6.31. The van der Waals surface area contributed by atoms with E-state index < -0.39 is 20.2 Å². The Hall–Kier alpha value is -0.00312. The summed E-state index contributed by atoms with van der Waals surface area (Å²) in [6, 6.07) is 0. The zero-order valence-electron chi connectivity index (χ0n) is 9.07. The molecule has 0 spiro atoms. The predicted octanol–water partition coefficient (Wildman–Crippen LogP) is 2.08. The van der Waals surface area contributed by atoms with Crippen LogP contribution in [0.4, 0.5) is 8.78 Å². The van der Waals surface area contributed by atoms with Crippen molar-refractivity contribution in [2.24, 2.45) is 5.92 Å². The molecular weight excluding hydrogens is 204 g/mol. The maximum absolute atomic E-state index is 13.3. The Morgan fingerprint density at radius 1 is 1.43 bits per heavy atom. The number of rotatable bonds is 3. The van der Waals surface area contributed by atoms with Crippen LogP contribution in [0.25, 0.3) is 0 Å². The summed E-state index contributed by atoms with van der Waals surface area (Å²) < 4.78 is 32.2. The molecule has 0 amide bonds. The minimum Gasteiger partial charge on any atom is -0.417 e. The van der Waals surface area contributed by atoms with Crippen molar-refractivity contribution in [3.63, 3.8) is 0 Å². The number of halogens is 2. The Morgan fingerprint density at radius 3 is 2.57 bits per heavy atom. The van der Waals surface area contributed by atoms with Crippen LogP contribution >= 0.6 is 0 Å². The molecule has 1 heterocycles. The van der Waals surface area contributed by atoms with Gasteiger partial charge in [-0.1, -0.05) is 0 Å². The number of piperidine rings is 1. The van der Waals surface area contributed by atoms with Gasteiger partial charge in [0, 0.05) is 12.5 Å². The maximum atomic E-state index is 13.3. The minimum atomic E-state index is -2.60. The summed E-state index contributed by atoms with van der Waals surface area (Å²) in [6.07, 6.45) is 0.511. The Bertz CT molecular complexity index is 194. The molecular formula is C9H19F2NOSi. The molecule has 1 saturated heterocycles. The van der Waals surface area contributed by atoms with E-state index in [2.05, 4.69) is 5.32 Å². The Balaban J connectivity index is 2.42. The SMILES string of the molecule is C[Si](C)(C)OCC1CCNCC1(F)F. The molecule has 1 N–H and O–H groups in total. The minimum absolute atomic E-state index is 0.202. The first-order valence-corrected chi connectivity index (χ1v) is 8.44. The lowest BCUT2D eigenvalue weighted by atomic mass is 9.95. The molecule has 14 heavy (non-hydrogen) atoms. The van der Waals surface area contributed by atoms with E-state index in [0.717, 1.165) is 0 Å². The lowest BCUT2D eigenvalue weighted by Gasteiger charge is -2.33. The average molecular weight is 223 g/mol. The maximum Gasteiger partial charge on any atom is 0.265 e. The van der Waals surface area contributed by atoms with Crippen LogP contribution in [0.1, 0.15) is 6.42 Å². The predicted molar refractivity (Wildman–Crippen MR) is 55.2 cm³/mol. The second-order valence-electron chi connectivity index (χ2n) is 4.85. The highest BCUT2D eigenvalue weighted by molar-refractivity contribution is 6.69. The van der Waals surface area contributed by atoms with Crippen molar-refractivity contribution in [2.75, 3.05) is 19.7 Å². The van der Waals surface area contributed by atoms with Gasteiger partial charge in [0.1, 0.15) is 0 Å². The summed E-state index contributed by atoms with van der Waals surface area (Å²) in [5.74, 6) is -3.20. The van der Waals surface area contributed by atoms with E-state index in [9.17, 15) is 8.78 Å². The number of alkyl halides is 2. The van der Waals surface area contributed by atoms with Crippen LogP contribution in [-0.4, -0.2) is 33.9 Å². The van der Waals surface area contributed by atoms with Crippen molar-refractivity contribution in [2.45, 2.75) is 32.0 Å². The van der Waals surface area contributed by atoms with Crippen molar-refractivity contribution in [3.05, 3.63) is 0 Å². The highest BCUT2D eigenvalue weighted by Crippen LogP contribution is 2.30. The lowest BCUT2D eigenvalue weighted by molar-refractivity contribution is -0.0872. The van der Waals surface area contributed by atoms with E-state index in [1.165, 1.54) is 0 Å². The molecule has 1 rings (SSSR count).